The second kappa shape index (κ2) is 8.17. The van der Waals surface area contributed by atoms with Crippen LogP contribution in [0.1, 0.15) is 69.6 Å². The fraction of sp³-hybridized carbons (Fsp3) is 0.650. The molecule has 0 saturated carbocycles. The normalized spacial score (nSPS) is 12.8. The number of thiazole rings is 1. The van der Waals surface area contributed by atoms with Crippen LogP contribution >= 0.6 is 11.3 Å². The van der Waals surface area contributed by atoms with Crippen molar-refractivity contribution in [3.63, 3.8) is 0 Å². The summed E-state index contributed by atoms with van der Waals surface area (Å²) in [6.45, 7) is 9.69. The van der Waals surface area contributed by atoms with Crippen LogP contribution in [-0.4, -0.2) is 23.9 Å². The van der Waals surface area contributed by atoms with E-state index in [1.165, 1.54) is 21.4 Å². The third kappa shape index (κ3) is 5.04. The molecular formula is C20H31NO2S2. The van der Waals surface area contributed by atoms with Gasteiger partial charge in [0.15, 0.2) is 9.84 Å². The number of nitrogens with zero attached hydrogens (tertiary/aromatic N) is 1. The molecule has 0 fully saturated rings. The van der Waals surface area contributed by atoms with Gasteiger partial charge in [-0.05, 0) is 70.6 Å². The Kier molecular flexibility index (Phi) is 6.66. The molecule has 2 aromatic rings. The number of aromatic nitrogens is 1. The third-order valence-electron chi connectivity index (χ3n) is 4.95. The minimum atomic E-state index is -2.96. The molecule has 1 aromatic carbocycles. The minimum Gasteiger partial charge on any atom is -0.244 e. The van der Waals surface area contributed by atoms with E-state index in [1.807, 2.05) is 5.51 Å². The zero-order valence-electron chi connectivity index (χ0n) is 16.2. The maximum absolute atomic E-state index is 12.1. The molecule has 0 spiro atoms. The van der Waals surface area contributed by atoms with Gasteiger partial charge < -0.3 is 0 Å². The molecule has 0 aliphatic carbocycles. The number of benzene rings is 1. The molecule has 0 N–H and O–H groups in total. The highest BCUT2D eigenvalue weighted by atomic mass is 32.2. The van der Waals surface area contributed by atoms with E-state index in [-0.39, 0.29) is 0 Å². The first-order valence-electron chi connectivity index (χ1n) is 9.18. The van der Waals surface area contributed by atoms with Crippen molar-refractivity contribution in [2.24, 2.45) is 0 Å². The number of hydrogen-bond donors (Lipinski definition) is 0. The van der Waals surface area contributed by atoms with E-state index in [9.17, 15) is 8.42 Å². The van der Waals surface area contributed by atoms with Gasteiger partial charge in [0.25, 0.3) is 0 Å². The van der Waals surface area contributed by atoms with Crippen molar-refractivity contribution in [2.45, 2.75) is 77.9 Å². The molecule has 2 rings (SSSR count). The van der Waals surface area contributed by atoms with E-state index < -0.39 is 14.6 Å². The molecular weight excluding hydrogens is 350 g/mol. The average Bonchev–Trinajstić information content (AvgIpc) is 3.00. The highest BCUT2D eigenvalue weighted by molar-refractivity contribution is 7.92. The second-order valence-corrected chi connectivity index (χ2v) is 11.7. The smallest absolute Gasteiger partial charge is 0.155 e. The summed E-state index contributed by atoms with van der Waals surface area (Å²) in [5.41, 5.74) is 7.15. The maximum atomic E-state index is 12.1. The predicted molar refractivity (Wildman–Crippen MR) is 109 cm³/mol. The van der Waals surface area contributed by atoms with E-state index in [0.717, 1.165) is 44.0 Å². The van der Waals surface area contributed by atoms with Crippen LogP contribution < -0.4 is 0 Å². The molecule has 5 heteroatoms. The van der Waals surface area contributed by atoms with Crippen LogP contribution in [0, 0.1) is 13.8 Å². The molecule has 0 atom stereocenters. The van der Waals surface area contributed by atoms with E-state index in [0.29, 0.717) is 5.75 Å². The van der Waals surface area contributed by atoms with E-state index in [1.54, 1.807) is 32.1 Å². The van der Waals surface area contributed by atoms with Crippen LogP contribution in [0.15, 0.2) is 11.6 Å². The number of sulfone groups is 1. The Morgan fingerprint density at radius 2 is 1.68 bits per heavy atom. The van der Waals surface area contributed by atoms with Gasteiger partial charge in [-0.3, -0.25) is 0 Å². The Hall–Kier alpha value is -0.940. The van der Waals surface area contributed by atoms with Crippen LogP contribution in [-0.2, 0) is 16.3 Å². The monoisotopic (exact) mass is 381 g/mol. The summed E-state index contributed by atoms with van der Waals surface area (Å²) in [4.78, 5) is 4.46. The van der Waals surface area contributed by atoms with Crippen LogP contribution in [0.3, 0.4) is 0 Å². The van der Waals surface area contributed by atoms with Gasteiger partial charge in [-0.2, -0.15) is 0 Å². The first-order valence-corrected chi connectivity index (χ1v) is 11.7. The first-order chi connectivity index (χ1) is 11.6. The van der Waals surface area contributed by atoms with Gasteiger partial charge in [-0.1, -0.05) is 25.3 Å². The Balaban J connectivity index is 1.75. The molecule has 0 saturated heterocycles. The minimum absolute atomic E-state index is 0.316. The zero-order chi connectivity index (χ0) is 18.7. The predicted octanol–water partition coefficient (Wildman–Crippen LogP) is 5.62. The lowest BCUT2D eigenvalue weighted by atomic mass is 9.98. The molecule has 3 nitrogen and oxygen atoms in total. The summed E-state index contributed by atoms with van der Waals surface area (Å²) in [7, 11) is -2.96. The quantitative estimate of drug-likeness (QED) is 0.558. The second-order valence-electron chi connectivity index (χ2n) is 7.96. The largest absolute Gasteiger partial charge is 0.244 e. The molecule has 0 unspecified atom stereocenters. The molecule has 25 heavy (non-hydrogen) atoms. The summed E-state index contributed by atoms with van der Waals surface area (Å²) < 4.78 is 24.8. The third-order valence-corrected chi connectivity index (χ3v) is 8.58. The van der Waals surface area contributed by atoms with E-state index in [2.05, 4.69) is 24.9 Å². The molecule has 0 radical (unpaired) electrons. The lowest BCUT2D eigenvalue weighted by molar-refractivity contribution is 0.552. The lowest BCUT2D eigenvalue weighted by Gasteiger charge is -2.18. The van der Waals surface area contributed by atoms with Crippen LogP contribution in [0.25, 0.3) is 10.2 Å². The van der Waals surface area contributed by atoms with Gasteiger partial charge in [0.05, 0.1) is 26.2 Å². The van der Waals surface area contributed by atoms with Gasteiger partial charge in [-0.15, -0.1) is 11.3 Å². The van der Waals surface area contributed by atoms with Crippen LogP contribution in [0.4, 0.5) is 0 Å². The van der Waals surface area contributed by atoms with Crippen LogP contribution in [0.2, 0.25) is 0 Å². The summed E-state index contributed by atoms with van der Waals surface area (Å²) in [5, 5.41) is 0. The van der Waals surface area contributed by atoms with Crippen molar-refractivity contribution in [3.8, 4) is 0 Å². The number of fused-ring (bicyclic) bond motifs is 1. The van der Waals surface area contributed by atoms with Crippen molar-refractivity contribution < 1.29 is 8.42 Å². The summed E-state index contributed by atoms with van der Waals surface area (Å²) in [6, 6.07) is 2.29. The van der Waals surface area contributed by atoms with Gasteiger partial charge in [0, 0.05) is 0 Å². The summed E-state index contributed by atoms with van der Waals surface area (Å²) >= 11 is 1.73. The maximum Gasteiger partial charge on any atom is 0.155 e. The molecule has 140 valence electrons. The molecule has 1 aromatic heterocycles. The van der Waals surface area contributed by atoms with Gasteiger partial charge in [0.1, 0.15) is 0 Å². The summed E-state index contributed by atoms with van der Waals surface area (Å²) in [6.07, 6.45) is 6.32. The topological polar surface area (TPSA) is 47.0 Å². The summed E-state index contributed by atoms with van der Waals surface area (Å²) in [5.74, 6) is 0.316. The lowest BCUT2D eigenvalue weighted by Crippen LogP contribution is -2.30. The van der Waals surface area contributed by atoms with Crippen molar-refractivity contribution in [1.29, 1.82) is 0 Å². The van der Waals surface area contributed by atoms with Crippen LogP contribution in [0.5, 0.6) is 0 Å². The average molecular weight is 382 g/mol. The van der Waals surface area contributed by atoms with Crippen molar-refractivity contribution in [1.82, 2.24) is 4.98 Å². The van der Waals surface area contributed by atoms with E-state index in [4.69, 9.17) is 0 Å². The number of hydrogen-bond acceptors (Lipinski definition) is 4. The van der Waals surface area contributed by atoms with Crippen molar-refractivity contribution >= 4 is 31.4 Å². The highest BCUT2D eigenvalue weighted by Gasteiger charge is 2.27. The molecule has 0 aliphatic rings. The van der Waals surface area contributed by atoms with Crippen molar-refractivity contribution in [2.75, 3.05) is 5.75 Å². The number of unbranched alkanes of at least 4 members (excludes halogenated alkanes) is 4. The Bertz CT molecular complexity index is 814. The highest BCUT2D eigenvalue weighted by Crippen LogP contribution is 2.29. The SMILES string of the molecule is Cc1cc(CCCCCCCS(=O)(=O)C(C)(C)C)c(C)c2scnc12. The number of aryl methyl sites for hydroxylation is 3. The van der Waals surface area contributed by atoms with Gasteiger partial charge in [-0.25, -0.2) is 13.4 Å². The Morgan fingerprint density at radius 1 is 1.04 bits per heavy atom. The zero-order valence-corrected chi connectivity index (χ0v) is 17.8. The molecule has 1 heterocycles. The Labute approximate surface area is 156 Å². The fourth-order valence-corrected chi connectivity index (χ4v) is 5.17. The molecule has 0 aliphatic heterocycles. The Morgan fingerprint density at radius 3 is 2.36 bits per heavy atom. The van der Waals surface area contributed by atoms with E-state index >= 15 is 0 Å². The number of rotatable bonds is 8. The van der Waals surface area contributed by atoms with Crippen molar-refractivity contribution in [3.05, 3.63) is 28.3 Å². The fourth-order valence-electron chi connectivity index (χ4n) is 3.08. The standard InChI is InChI=1S/C20H31NO2S2/c1-15-13-17(16(2)19-18(15)21-14-24-19)11-9-7-6-8-10-12-25(22,23)20(3,4)5/h13-14H,6-12H2,1-5H3. The van der Waals surface area contributed by atoms with Gasteiger partial charge in [0.2, 0.25) is 0 Å². The first kappa shape index (κ1) is 20.4. The molecule has 0 bridgehead atoms. The van der Waals surface area contributed by atoms with Gasteiger partial charge >= 0.3 is 0 Å². The molecule has 0 amide bonds.